The number of nitrogens with one attached hydrogen (secondary N) is 1. The number of hydrogen-bond acceptors (Lipinski definition) is 7. The summed E-state index contributed by atoms with van der Waals surface area (Å²) >= 11 is 0. The van der Waals surface area contributed by atoms with Crippen molar-refractivity contribution in [3.63, 3.8) is 0 Å². The van der Waals surface area contributed by atoms with E-state index in [9.17, 15) is 22.4 Å². The minimum absolute atomic E-state index is 0.0939. The first-order chi connectivity index (χ1) is 18.3. The number of amides is 1. The van der Waals surface area contributed by atoms with E-state index < -0.39 is 50.3 Å². The Kier molecular flexibility index (Phi) is 5.01. The van der Waals surface area contributed by atoms with E-state index in [0.717, 1.165) is 9.58 Å². The van der Waals surface area contributed by atoms with Gasteiger partial charge in [-0.3, -0.25) is 4.79 Å². The second-order valence-electron chi connectivity index (χ2n) is 8.42. The number of carbonyl (C=O) groups excluding carboxylic acids is 1. The van der Waals surface area contributed by atoms with Gasteiger partial charge in [-0.2, -0.15) is 4.98 Å². The second-order valence-corrected chi connectivity index (χ2v) is 8.42. The molecule has 4 aromatic rings. The number of carbonyl (C=O) groups is 1. The molecule has 0 radical (unpaired) electrons. The van der Waals surface area contributed by atoms with Crippen LogP contribution in [0, 0.1) is 0 Å². The predicted molar refractivity (Wildman–Crippen MR) is 121 cm³/mol. The number of methoxy groups -OCH3 is 1. The molecule has 1 amide bonds. The number of benzene rings is 1. The summed E-state index contributed by atoms with van der Waals surface area (Å²) in [6, 6.07) is 4.91. The summed E-state index contributed by atoms with van der Waals surface area (Å²) in [4.78, 5) is 16.7. The number of hydrogen-bond donors (Lipinski definition) is 1. The number of anilines is 1. The second kappa shape index (κ2) is 8.91. The molecule has 36 heavy (non-hydrogen) atoms. The molecule has 3 aromatic heterocycles. The largest absolute Gasteiger partial charge is 0.479 e. The van der Waals surface area contributed by atoms with E-state index >= 15 is 0 Å². The molecule has 1 aliphatic rings. The van der Waals surface area contributed by atoms with Crippen molar-refractivity contribution in [2.75, 3.05) is 25.4 Å². The first kappa shape index (κ1) is 20.2. The van der Waals surface area contributed by atoms with Gasteiger partial charge in [0.1, 0.15) is 17.6 Å². The van der Waals surface area contributed by atoms with Gasteiger partial charge in [0.2, 0.25) is 17.7 Å². The summed E-state index contributed by atoms with van der Waals surface area (Å²) in [5.41, 5.74) is 1.69. The van der Waals surface area contributed by atoms with Crippen LogP contribution < -0.4 is 10.1 Å². The van der Waals surface area contributed by atoms with Crippen molar-refractivity contribution >= 4 is 28.4 Å². The van der Waals surface area contributed by atoms with Gasteiger partial charge in [-0.25, -0.2) is 26.8 Å². The van der Waals surface area contributed by atoms with E-state index in [1.807, 2.05) is 0 Å². The van der Waals surface area contributed by atoms with Crippen LogP contribution in [0.25, 0.3) is 27.7 Å². The van der Waals surface area contributed by atoms with Crippen LogP contribution in [0.1, 0.15) is 17.5 Å². The van der Waals surface area contributed by atoms with Gasteiger partial charge in [0.25, 0.3) is 12.3 Å². The van der Waals surface area contributed by atoms with Crippen molar-refractivity contribution in [2.24, 2.45) is 0 Å². The minimum Gasteiger partial charge on any atom is -0.479 e. The molecule has 1 fully saturated rings. The molecule has 5 rings (SSSR count). The van der Waals surface area contributed by atoms with Crippen molar-refractivity contribution in [1.29, 1.82) is 0 Å². The third-order valence-corrected chi connectivity index (χ3v) is 6.06. The van der Waals surface area contributed by atoms with Crippen LogP contribution in [-0.4, -0.2) is 78.9 Å². The Morgan fingerprint density at radius 3 is 2.92 bits per heavy atom. The van der Waals surface area contributed by atoms with Gasteiger partial charge in [0.15, 0.2) is 0 Å². The molecule has 0 spiro atoms. The third kappa shape index (κ3) is 4.27. The Bertz CT molecular complexity index is 1540. The summed E-state index contributed by atoms with van der Waals surface area (Å²) in [7, 11) is -2.94. The van der Waals surface area contributed by atoms with Crippen molar-refractivity contribution in [3.05, 3.63) is 30.5 Å². The lowest BCUT2D eigenvalue weighted by Gasteiger charge is -2.38. The zero-order valence-corrected chi connectivity index (χ0v) is 18.8. The fourth-order valence-electron chi connectivity index (χ4n) is 4.30. The minimum atomic E-state index is -3.31. The number of aromatic nitrogens is 6. The van der Waals surface area contributed by atoms with E-state index in [4.69, 9.17) is 8.85 Å². The summed E-state index contributed by atoms with van der Waals surface area (Å²) in [5.74, 6) is -4.49. The zero-order valence-electron chi connectivity index (χ0n) is 21.8. The predicted octanol–water partition coefficient (Wildman–Crippen LogP) is 3.08. The van der Waals surface area contributed by atoms with Gasteiger partial charge in [0.05, 0.1) is 29.3 Å². The van der Waals surface area contributed by atoms with Gasteiger partial charge in [-0.05, 0) is 30.2 Å². The summed E-state index contributed by atoms with van der Waals surface area (Å²) in [5, 5.41) is 14.4. The molecular weight excluding hydrogens is 484 g/mol. The third-order valence-electron chi connectivity index (χ3n) is 6.06. The highest BCUT2D eigenvalue weighted by atomic mass is 19.3. The van der Waals surface area contributed by atoms with Crippen LogP contribution in [0.15, 0.2) is 30.5 Å². The van der Waals surface area contributed by atoms with Crippen LogP contribution in [0.4, 0.5) is 23.5 Å². The standard InChI is InChI=1S/C22H22F4N8O2/c1-12(35)32-7-6-17(22(25,26)11-32)27-21-28-20(36-2)19-14(5-8-33(19)30-21)13-3-4-15-16(9-13)34(31-29-15)10-18(23)24/h3-5,8-9,17-18H,6-7,10-11H2,1-2H3,(H,27,30)/t17-/m1/s1/i2D3. The van der Waals surface area contributed by atoms with Gasteiger partial charge in [-0.15, -0.1) is 10.2 Å². The molecule has 0 bridgehead atoms. The lowest BCUT2D eigenvalue weighted by Crippen LogP contribution is -2.55. The Balaban J connectivity index is 1.54. The molecule has 4 heterocycles. The smallest absolute Gasteiger partial charge is 0.285 e. The van der Waals surface area contributed by atoms with Crippen LogP contribution in [0.3, 0.4) is 0 Å². The maximum absolute atomic E-state index is 14.8. The fourth-order valence-corrected chi connectivity index (χ4v) is 4.30. The normalized spacial score (nSPS) is 19.3. The maximum Gasteiger partial charge on any atom is 0.285 e. The number of piperidine rings is 1. The van der Waals surface area contributed by atoms with Crippen molar-refractivity contribution in [3.8, 4) is 17.0 Å². The average Bonchev–Trinajstić information content (AvgIpc) is 3.43. The summed E-state index contributed by atoms with van der Waals surface area (Å²) < 4.78 is 85.7. The zero-order chi connectivity index (χ0) is 28.1. The monoisotopic (exact) mass is 509 g/mol. The highest BCUT2D eigenvalue weighted by Gasteiger charge is 2.45. The highest BCUT2D eigenvalue weighted by Crippen LogP contribution is 2.34. The topological polar surface area (TPSA) is 102 Å². The molecule has 10 nitrogen and oxygen atoms in total. The van der Waals surface area contributed by atoms with E-state index in [-0.39, 0.29) is 24.4 Å². The van der Waals surface area contributed by atoms with Crippen LogP contribution in [0.2, 0.25) is 0 Å². The van der Waals surface area contributed by atoms with E-state index in [0.29, 0.717) is 22.2 Å². The van der Waals surface area contributed by atoms with E-state index in [2.05, 4.69) is 25.7 Å². The molecule has 1 aromatic carbocycles. The van der Waals surface area contributed by atoms with Crippen molar-refractivity contribution < 1.29 is 31.2 Å². The maximum atomic E-state index is 14.8. The lowest BCUT2D eigenvalue weighted by atomic mass is 10.0. The molecule has 0 aliphatic carbocycles. The highest BCUT2D eigenvalue weighted by molar-refractivity contribution is 5.89. The van der Waals surface area contributed by atoms with Crippen molar-refractivity contribution in [2.45, 2.75) is 38.3 Å². The SMILES string of the molecule is [2H]C([2H])([2H])Oc1nc(N[C@@H]2CCN(C(C)=O)CC2(F)F)nn2ccc(-c3ccc4nnn(CC(F)F)c4c3)c12. The lowest BCUT2D eigenvalue weighted by molar-refractivity contribution is -0.140. The van der Waals surface area contributed by atoms with Crippen LogP contribution >= 0.6 is 0 Å². The Labute approximate surface area is 206 Å². The molecule has 0 saturated carbocycles. The quantitative estimate of drug-likeness (QED) is 0.399. The van der Waals surface area contributed by atoms with Gasteiger partial charge in [-0.1, -0.05) is 11.3 Å². The number of likely N-dealkylation sites (tertiary alicyclic amines) is 1. The van der Waals surface area contributed by atoms with Crippen LogP contribution in [-0.2, 0) is 11.3 Å². The van der Waals surface area contributed by atoms with Gasteiger partial charge >= 0.3 is 0 Å². The number of halogens is 4. The van der Waals surface area contributed by atoms with Crippen molar-refractivity contribution in [1.82, 2.24) is 34.5 Å². The van der Waals surface area contributed by atoms with E-state index in [1.54, 1.807) is 24.3 Å². The molecule has 1 saturated heterocycles. The molecule has 1 atom stereocenters. The molecule has 1 aliphatic heterocycles. The molecule has 1 N–H and O–H groups in total. The average molecular weight is 509 g/mol. The fraction of sp³-hybridized carbons (Fsp3) is 0.409. The Hall–Kier alpha value is -3.97. The number of ether oxygens (including phenoxy) is 1. The van der Waals surface area contributed by atoms with Crippen LogP contribution in [0.5, 0.6) is 5.88 Å². The first-order valence-electron chi connectivity index (χ1n) is 12.4. The summed E-state index contributed by atoms with van der Waals surface area (Å²) in [6.07, 6.45) is -1.30. The number of alkyl halides is 4. The number of fused-ring (bicyclic) bond motifs is 2. The molecule has 14 heteroatoms. The molecule has 0 unspecified atom stereocenters. The summed E-state index contributed by atoms with van der Waals surface area (Å²) in [6.45, 7) is -0.146. The van der Waals surface area contributed by atoms with Gasteiger partial charge < -0.3 is 15.0 Å². The number of rotatable bonds is 6. The van der Waals surface area contributed by atoms with Gasteiger partial charge in [0, 0.05) is 25.2 Å². The Morgan fingerprint density at radius 1 is 1.36 bits per heavy atom. The number of nitrogens with zero attached hydrogens (tertiary/aromatic N) is 7. The molecule has 190 valence electrons. The first-order valence-corrected chi connectivity index (χ1v) is 10.9. The van der Waals surface area contributed by atoms with E-state index in [1.165, 1.54) is 17.6 Å². The molecular formula is C22H22F4N8O2. The Morgan fingerprint density at radius 2 is 2.19 bits per heavy atom.